The van der Waals surface area contributed by atoms with Gasteiger partial charge in [0.2, 0.25) is 5.60 Å². The number of rotatable bonds is 8. The summed E-state index contributed by atoms with van der Waals surface area (Å²) in [6.07, 6.45) is -0.710. The van der Waals surface area contributed by atoms with Crippen LogP contribution in [-0.4, -0.2) is 28.4 Å². The maximum absolute atomic E-state index is 12.2. The third kappa shape index (κ3) is 7.33. The first kappa shape index (κ1) is 30.0. The number of nitrogens with one attached hydrogen (secondary N) is 1. The van der Waals surface area contributed by atoms with Gasteiger partial charge in [-0.05, 0) is 20.8 Å². The Bertz CT molecular complexity index is 1320. The van der Waals surface area contributed by atoms with Crippen LogP contribution in [-0.2, 0) is 20.0 Å². The first-order valence-electron chi connectivity index (χ1n) is 11.8. The third-order valence-electron chi connectivity index (χ3n) is 5.36. The number of thiazole rings is 1. The second kappa shape index (κ2) is 13.0. The summed E-state index contributed by atoms with van der Waals surface area (Å²) in [6.45, 7) is 5.20. The van der Waals surface area contributed by atoms with E-state index in [1.807, 2.05) is 91.0 Å². The maximum Gasteiger partial charge on any atom is 1.00 e. The Balaban J connectivity index is 0.00000420. The average Bonchev–Trinajstić information content (AvgIpc) is 3.34. The van der Waals surface area contributed by atoms with Gasteiger partial charge < -0.3 is 19.5 Å². The van der Waals surface area contributed by atoms with Gasteiger partial charge in [-0.15, -0.1) is 11.3 Å². The van der Waals surface area contributed by atoms with Gasteiger partial charge in [-0.25, -0.2) is 9.78 Å². The van der Waals surface area contributed by atoms with E-state index in [1.165, 1.54) is 5.38 Å². The van der Waals surface area contributed by atoms with Crippen molar-refractivity contribution in [3.05, 3.63) is 119 Å². The number of carbonyl (C=O) groups excluding carboxylic acids is 2. The van der Waals surface area contributed by atoms with E-state index >= 15 is 0 Å². The molecule has 39 heavy (non-hydrogen) atoms. The van der Waals surface area contributed by atoms with Gasteiger partial charge in [0, 0.05) is 22.1 Å². The number of amides is 1. The van der Waals surface area contributed by atoms with Crippen LogP contribution >= 0.6 is 11.3 Å². The standard InChI is InChI=1S/C29H27N3O5S.Na/c1-28(2,3)36-27(35)31-26-30-23(19-38-26)24(25(33)34)32-37-29(20-13-7-4-8-14-20,21-15-9-5-10-16-21)22-17-11-6-12-18-22;/h4-19H,1-3H3,(H,33,34)(H,30,31,35);/q;+1/p-1. The SMILES string of the molecule is CC(C)(C)OC(=O)Nc1nc(C(=NOC(c2ccccc2)(c2ccccc2)c2ccccc2)C(=O)[O-])cs1.[Na+]. The van der Waals surface area contributed by atoms with Gasteiger partial charge >= 0.3 is 35.7 Å². The largest absolute Gasteiger partial charge is 1.00 e. The van der Waals surface area contributed by atoms with Gasteiger partial charge in [-0.1, -0.05) is 96.2 Å². The Morgan fingerprint density at radius 2 is 1.31 bits per heavy atom. The first-order valence-corrected chi connectivity index (χ1v) is 12.7. The van der Waals surface area contributed by atoms with E-state index in [0.717, 1.165) is 28.0 Å². The molecule has 0 aliphatic rings. The van der Waals surface area contributed by atoms with Crippen LogP contribution in [0.1, 0.15) is 43.2 Å². The molecule has 1 heterocycles. The number of anilines is 1. The number of carbonyl (C=O) groups is 2. The van der Waals surface area contributed by atoms with E-state index in [4.69, 9.17) is 9.57 Å². The van der Waals surface area contributed by atoms with E-state index in [2.05, 4.69) is 15.5 Å². The second-order valence-corrected chi connectivity index (χ2v) is 10.1. The van der Waals surface area contributed by atoms with Crippen LogP contribution in [0.15, 0.2) is 102 Å². The number of benzene rings is 3. The molecular weight excluding hydrogens is 525 g/mol. The minimum atomic E-state index is -1.58. The Hall–Kier alpha value is -3.50. The van der Waals surface area contributed by atoms with Gasteiger partial charge in [0.25, 0.3) is 0 Å². The van der Waals surface area contributed by atoms with Crippen molar-refractivity contribution >= 4 is 34.2 Å². The van der Waals surface area contributed by atoms with Crippen molar-refractivity contribution in [3.8, 4) is 0 Å². The van der Waals surface area contributed by atoms with E-state index in [1.54, 1.807) is 20.8 Å². The smallest absolute Gasteiger partial charge is 0.543 e. The molecule has 1 amide bonds. The Morgan fingerprint density at radius 1 is 0.846 bits per heavy atom. The summed E-state index contributed by atoms with van der Waals surface area (Å²) in [5, 5.41) is 20.4. The summed E-state index contributed by atoms with van der Waals surface area (Å²) in [4.78, 5) is 34.7. The summed E-state index contributed by atoms with van der Waals surface area (Å²) in [7, 11) is 0. The number of aliphatic carboxylic acids is 1. The summed E-state index contributed by atoms with van der Waals surface area (Å²) >= 11 is 1.02. The van der Waals surface area contributed by atoms with Gasteiger partial charge in [0.1, 0.15) is 11.3 Å². The number of carboxylic acids is 1. The number of nitrogens with zero attached hydrogens (tertiary/aromatic N) is 2. The zero-order valence-corrected chi connectivity index (χ0v) is 24.9. The van der Waals surface area contributed by atoms with Crippen LogP contribution in [0.25, 0.3) is 0 Å². The molecule has 4 aromatic rings. The van der Waals surface area contributed by atoms with Crippen LogP contribution in [0, 0.1) is 0 Å². The van der Waals surface area contributed by atoms with Gasteiger partial charge in [0.05, 0.1) is 5.97 Å². The van der Waals surface area contributed by atoms with Crippen LogP contribution in [0.5, 0.6) is 0 Å². The molecule has 1 aromatic heterocycles. The van der Waals surface area contributed by atoms with Crippen LogP contribution < -0.4 is 40.0 Å². The monoisotopic (exact) mass is 551 g/mol. The molecule has 8 nitrogen and oxygen atoms in total. The second-order valence-electron chi connectivity index (χ2n) is 9.26. The van der Waals surface area contributed by atoms with Crippen molar-refractivity contribution in [1.82, 2.24) is 4.98 Å². The van der Waals surface area contributed by atoms with E-state index < -0.39 is 29.0 Å². The third-order valence-corrected chi connectivity index (χ3v) is 6.12. The molecule has 10 heteroatoms. The number of carboxylic acid groups (broad SMARTS) is 1. The molecular formula is C29H26N3NaO5S. The normalized spacial score (nSPS) is 11.7. The van der Waals surface area contributed by atoms with Crippen molar-refractivity contribution in [2.45, 2.75) is 32.0 Å². The summed E-state index contributed by atoms with van der Waals surface area (Å²) in [6, 6.07) is 28.2. The molecule has 0 aliphatic heterocycles. The molecule has 0 bridgehead atoms. The summed E-state index contributed by atoms with van der Waals surface area (Å²) < 4.78 is 5.23. The molecule has 0 saturated carbocycles. The zero-order valence-electron chi connectivity index (χ0n) is 22.1. The predicted molar refractivity (Wildman–Crippen MR) is 144 cm³/mol. The minimum absolute atomic E-state index is 0. The fraction of sp³-hybridized carbons (Fsp3) is 0.172. The van der Waals surface area contributed by atoms with Crippen molar-refractivity contribution in [2.75, 3.05) is 5.32 Å². The van der Waals surface area contributed by atoms with Gasteiger partial charge in [-0.3, -0.25) is 5.32 Å². The Kier molecular flexibility index (Phi) is 10.0. The quantitative estimate of drug-likeness (QED) is 0.155. The summed E-state index contributed by atoms with van der Waals surface area (Å²) in [5.74, 6) is -1.58. The number of hydrogen-bond acceptors (Lipinski definition) is 8. The van der Waals surface area contributed by atoms with E-state index in [-0.39, 0.29) is 40.4 Å². The number of ether oxygens (including phenoxy) is 1. The first-order chi connectivity index (χ1) is 18.2. The molecule has 194 valence electrons. The van der Waals surface area contributed by atoms with Crippen molar-refractivity contribution in [3.63, 3.8) is 0 Å². The minimum Gasteiger partial charge on any atom is -0.543 e. The van der Waals surface area contributed by atoms with Gasteiger partial charge in [-0.2, -0.15) is 0 Å². The summed E-state index contributed by atoms with van der Waals surface area (Å²) in [5.41, 5.74) is -0.309. The Morgan fingerprint density at radius 3 is 1.72 bits per heavy atom. The maximum atomic E-state index is 12.2. The molecule has 0 aliphatic carbocycles. The zero-order chi connectivity index (χ0) is 27.2. The fourth-order valence-corrected chi connectivity index (χ4v) is 4.49. The molecule has 0 saturated heterocycles. The average molecular weight is 552 g/mol. The predicted octanol–water partition coefficient (Wildman–Crippen LogP) is 1.96. The van der Waals surface area contributed by atoms with Crippen LogP contribution in [0.4, 0.5) is 9.93 Å². The van der Waals surface area contributed by atoms with Crippen molar-refractivity contribution in [1.29, 1.82) is 0 Å². The van der Waals surface area contributed by atoms with Crippen LogP contribution in [0.3, 0.4) is 0 Å². The number of hydrogen-bond donors (Lipinski definition) is 1. The molecule has 1 N–H and O–H groups in total. The van der Waals surface area contributed by atoms with Gasteiger partial charge in [0.15, 0.2) is 10.8 Å². The topological polar surface area (TPSA) is 113 Å². The molecule has 0 spiro atoms. The molecule has 0 radical (unpaired) electrons. The molecule has 0 atom stereocenters. The Labute approximate surface area is 253 Å². The van der Waals surface area contributed by atoms with Crippen LogP contribution in [0.2, 0.25) is 0 Å². The molecule has 4 rings (SSSR count). The molecule has 0 unspecified atom stereocenters. The van der Waals surface area contributed by atoms with E-state index in [0.29, 0.717) is 0 Å². The number of aromatic nitrogens is 1. The molecule has 3 aromatic carbocycles. The molecule has 0 fully saturated rings. The number of oxime groups is 1. The van der Waals surface area contributed by atoms with Crippen molar-refractivity contribution in [2.24, 2.45) is 5.16 Å². The van der Waals surface area contributed by atoms with E-state index in [9.17, 15) is 14.7 Å². The van der Waals surface area contributed by atoms with Crippen molar-refractivity contribution < 1.29 is 53.8 Å². The fourth-order valence-electron chi connectivity index (χ4n) is 3.81.